The minimum absolute atomic E-state index is 0.404. The van der Waals surface area contributed by atoms with Crippen LogP contribution in [0.3, 0.4) is 0 Å². The van der Waals surface area contributed by atoms with E-state index in [1.54, 1.807) is 0 Å². The Bertz CT molecular complexity index is 300. The summed E-state index contributed by atoms with van der Waals surface area (Å²) in [6, 6.07) is 1.51. The average Bonchev–Trinajstić information content (AvgIpc) is 2.55. The largest absolute Gasteiger partial charge is 0.389 e. The number of likely N-dealkylation sites (tertiary alicyclic amines) is 1. The third kappa shape index (κ3) is 4.43. The Labute approximate surface area is 130 Å². The monoisotopic (exact) mass is 294 g/mol. The fourth-order valence-corrected chi connectivity index (χ4v) is 4.64. The highest BCUT2D eigenvalue weighted by atomic mass is 16.3. The molecule has 0 atom stereocenters. The van der Waals surface area contributed by atoms with Gasteiger partial charge < -0.3 is 15.3 Å². The van der Waals surface area contributed by atoms with Crippen molar-refractivity contribution in [3.05, 3.63) is 0 Å². The van der Waals surface area contributed by atoms with E-state index in [0.29, 0.717) is 6.04 Å². The standard InChI is InChI=1S/C18H34N2O/c21-18(11-5-2-6-12-18)15-19-16-9-13-20(14-10-16)17-7-3-1-4-8-17/h16-17,19,21H,1-15H2. The number of hydrogen-bond acceptors (Lipinski definition) is 3. The summed E-state index contributed by atoms with van der Waals surface area (Å²) in [5, 5.41) is 14.3. The second-order valence-corrected chi connectivity index (χ2v) is 7.77. The quantitative estimate of drug-likeness (QED) is 0.836. The molecule has 1 saturated heterocycles. The molecule has 3 fully saturated rings. The Morgan fingerprint density at radius 2 is 1.48 bits per heavy atom. The molecule has 1 aliphatic heterocycles. The second-order valence-electron chi connectivity index (χ2n) is 7.77. The van der Waals surface area contributed by atoms with E-state index in [1.807, 2.05) is 0 Å². The fraction of sp³-hybridized carbons (Fsp3) is 1.00. The number of nitrogens with one attached hydrogen (secondary N) is 1. The molecule has 3 aliphatic rings. The Kier molecular flexibility index (Phi) is 5.58. The molecule has 2 saturated carbocycles. The van der Waals surface area contributed by atoms with Crippen LogP contribution in [-0.4, -0.2) is 47.3 Å². The lowest BCUT2D eigenvalue weighted by Crippen LogP contribution is -2.51. The predicted octanol–water partition coefficient (Wildman–Crippen LogP) is 3.07. The molecule has 0 bridgehead atoms. The molecular formula is C18H34N2O. The van der Waals surface area contributed by atoms with Crippen LogP contribution in [0.2, 0.25) is 0 Å². The molecule has 0 aromatic rings. The van der Waals surface area contributed by atoms with E-state index in [4.69, 9.17) is 0 Å². The van der Waals surface area contributed by atoms with Gasteiger partial charge in [-0.25, -0.2) is 0 Å². The molecule has 3 rings (SSSR count). The molecule has 3 heteroatoms. The summed E-state index contributed by atoms with van der Waals surface area (Å²) in [5.74, 6) is 0. The van der Waals surface area contributed by atoms with Gasteiger partial charge in [0.25, 0.3) is 0 Å². The Morgan fingerprint density at radius 1 is 0.857 bits per heavy atom. The first-order valence-corrected chi connectivity index (χ1v) is 9.45. The maximum Gasteiger partial charge on any atom is 0.0771 e. The van der Waals surface area contributed by atoms with Crippen LogP contribution in [0.1, 0.15) is 77.0 Å². The van der Waals surface area contributed by atoms with E-state index in [0.717, 1.165) is 25.4 Å². The SMILES string of the molecule is OC1(CNC2CCN(C3CCCCC3)CC2)CCCCC1. The third-order valence-corrected chi connectivity index (χ3v) is 6.12. The molecule has 3 nitrogen and oxygen atoms in total. The molecular weight excluding hydrogens is 260 g/mol. The van der Waals surface area contributed by atoms with Gasteiger partial charge in [-0.3, -0.25) is 0 Å². The van der Waals surface area contributed by atoms with Crippen LogP contribution < -0.4 is 5.32 Å². The topological polar surface area (TPSA) is 35.5 Å². The first kappa shape index (κ1) is 15.8. The Morgan fingerprint density at radius 3 is 2.14 bits per heavy atom. The molecule has 1 heterocycles. The summed E-state index contributed by atoms with van der Waals surface area (Å²) in [6.45, 7) is 3.35. The molecule has 2 N–H and O–H groups in total. The van der Waals surface area contributed by atoms with Gasteiger partial charge in [-0.1, -0.05) is 38.5 Å². The van der Waals surface area contributed by atoms with Crippen molar-refractivity contribution >= 4 is 0 Å². The normalized spacial score (nSPS) is 29.6. The molecule has 0 radical (unpaired) electrons. The highest BCUT2D eigenvalue weighted by molar-refractivity contribution is 4.88. The van der Waals surface area contributed by atoms with Crippen molar-refractivity contribution in [3.63, 3.8) is 0 Å². The lowest BCUT2D eigenvalue weighted by atomic mass is 9.84. The van der Waals surface area contributed by atoms with Gasteiger partial charge in [0.2, 0.25) is 0 Å². The summed E-state index contributed by atoms with van der Waals surface area (Å²) in [5.41, 5.74) is -0.404. The van der Waals surface area contributed by atoms with Crippen LogP contribution >= 0.6 is 0 Å². The molecule has 0 aromatic carbocycles. The first-order chi connectivity index (χ1) is 10.3. The maximum absolute atomic E-state index is 10.6. The fourth-order valence-electron chi connectivity index (χ4n) is 4.64. The van der Waals surface area contributed by atoms with Gasteiger partial charge in [0, 0.05) is 18.6 Å². The van der Waals surface area contributed by atoms with Crippen molar-refractivity contribution in [3.8, 4) is 0 Å². The van der Waals surface area contributed by atoms with Gasteiger partial charge in [-0.05, 0) is 51.6 Å². The second kappa shape index (κ2) is 7.43. The van der Waals surface area contributed by atoms with Crippen LogP contribution in [0.5, 0.6) is 0 Å². The highest BCUT2D eigenvalue weighted by Crippen LogP contribution is 2.28. The minimum Gasteiger partial charge on any atom is -0.389 e. The van der Waals surface area contributed by atoms with Crippen LogP contribution in [-0.2, 0) is 0 Å². The molecule has 0 amide bonds. The van der Waals surface area contributed by atoms with Crippen molar-refractivity contribution < 1.29 is 5.11 Å². The molecule has 0 unspecified atom stereocenters. The van der Waals surface area contributed by atoms with Crippen molar-refractivity contribution in [1.29, 1.82) is 0 Å². The summed E-state index contributed by atoms with van der Waals surface area (Å²) in [6.07, 6.45) is 15.5. The van der Waals surface area contributed by atoms with Crippen LogP contribution in [0.25, 0.3) is 0 Å². The Balaban J connectivity index is 1.37. The van der Waals surface area contributed by atoms with Crippen LogP contribution in [0.15, 0.2) is 0 Å². The number of hydrogen-bond donors (Lipinski definition) is 2. The van der Waals surface area contributed by atoms with E-state index in [2.05, 4.69) is 10.2 Å². The number of piperidine rings is 1. The number of nitrogens with zero attached hydrogens (tertiary/aromatic N) is 1. The van der Waals surface area contributed by atoms with Crippen LogP contribution in [0.4, 0.5) is 0 Å². The lowest BCUT2D eigenvalue weighted by molar-refractivity contribution is -0.000132. The number of rotatable bonds is 4. The summed E-state index contributed by atoms with van der Waals surface area (Å²) in [4.78, 5) is 2.74. The first-order valence-electron chi connectivity index (χ1n) is 9.45. The molecule has 0 spiro atoms. The van der Waals surface area contributed by atoms with Gasteiger partial charge in [0.1, 0.15) is 0 Å². The molecule has 122 valence electrons. The van der Waals surface area contributed by atoms with Crippen molar-refractivity contribution in [2.75, 3.05) is 19.6 Å². The highest BCUT2D eigenvalue weighted by Gasteiger charge is 2.31. The lowest BCUT2D eigenvalue weighted by Gasteiger charge is -2.40. The maximum atomic E-state index is 10.6. The predicted molar refractivity (Wildman–Crippen MR) is 87.5 cm³/mol. The number of aliphatic hydroxyl groups is 1. The van der Waals surface area contributed by atoms with Crippen molar-refractivity contribution in [2.24, 2.45) is 0 Å². The minimum atomic E-state index is -0.404. The van der Waals surface area contributed by atoms with Gasteiger partial charge >= 0.3 is 0 Å². The van der Waals surface area contributed by atoms with Gasteiger partial charge in [-0.15, -0.1) is 0 Å². The van der Waals surface area contributed by atoms with E-state index < -0.39 is 5.60 Å². The Hall–Kier alpha value is -0.120. The van der Waals surface area contributed by atoms with E-state index >= 15 is 0 Å². The zero-order valence-corrected chi connectivity index (χ0v) is 13.7. The molecule has 2 aliphatic carbocycles. The molecule has 0 aromatic heterocycles. The average molecular weight is 294 g/mol. The van der Waals surface area contributed by atoms with E-state index in [-0.39, 0.29) is 0 Å². The van der Waals surface area contributed by atoms with E-state index in [9.17, 15) is 5.11 Å². The third-order valence-electron chi connectivity index (χ3n) is 6.12. The van der Waals surface area contributed by atoms with Gasteiger partial charge in [-0.2, -0.15) is 0 Å². The summed E-state index contributed by atoms with van der Waals surface area (Å²) < 4.78 is 0. The zero-order chi connectivity index (χ0) is 14.5. The summed E-state index contributed by atoms with van der Waals surface area (Å²) >= 11 is 0. The zero-order valence-electron chi connectivity index (χ0n) is 13.7. The molecule has 21 heavy (non-hydrogen) atoms. The van der Waals surface area contributed by atoms with Gasteiger partial charge in [0.15, 0.2) is 0 Å². The summed E-state index contributed by atoms with van der Waals surface area (Å²) in [7, 11) is 0. The smallest absolute Gasteiger partial charge is 0.0771 e. The van der Waals surface area contributed by atoms with Crippen molar-refractivity contribution in [2.45, 2.75) is 94.7 Å². The van der Waals surface area contributed by atoms with Crippen molar-refractivity contribution in [1.82, 2.24) is 10.2 Å². The van der Waals surface area contributed by atoms with Crippen LogP contribution in [0, 0.1) is 0 Å². The van der Waals surface area contributed by atoms with E-state index in [1.165, 1.54) is 77.3 Å². The van der Waals surface area contributed by atoms with Gasteiger partial charge in [0.05, 0.1) is 5.60 Å².